The monoisotopic (exact) mass is 910 g/mol. The zero-order valence-corrected chi connectivity index (χ0v) is 32.6. The number of fused-ring (bicyclic) bond motifs is 7. The number of hydrogen-bond donors (Lipinski definition) is 0. The molecule has 520 valence electrons. The Kier molecular flexibility index (Phi) is 8.91. The molecule has 4 aliphatic carbocycles. The zero-order valence-electron chi connectivity index (χ0n) is 32.6. The first kappa shape index (κ1) is 36.9. The van der Waals surface area contributed by atoms with Gasteiger partial charge in [0.25, 0.3) is 0 Å². The van der Waals surface area contributed by atoms with Gasteiger partial charge in [0, 0.05) is 223 Å². The average Bonchev–Trinajstić information content (AvgIpc) is 3.49. The Morgan fingerprint density at radius 2 is 1.68 bits per heavy atom. The van der Waals surface area contributed by atoms with E-state index in [1.165, 1.54) is 11.1 Å². The highest BCUT2D eigenvalue weighted by molar-refractivity contribution is 6.06. The molecule has 1 aliphatic heterocycles. The maximum absolute atomic E-state index is 15.3. The standard InChI is InChI=1S/C41H66O6.127H2/c1-17-18-23(2)34-46-30-22-29-38(14)20-19-27-21-28(42)24(3)25(4)39(27,35(6,7)8)31(38)33(45-16)37(12,13)41(29,36(9,10)11)40(30,47-34)32(43)26(5)44-15;;;;;;;;;;;;;;;;;;;;;;;;;;;;;;;;;;;;;;;;;;;;;;;;;;;;;;;;;;;;;;;;;;;;;;;;;;;;;;;;;;;;;;;;;;;;;;;;;;;;;;;;;;;;;;;;;;;;;;;;;;;;;;;/h21,23,26,29-31,33-34H,17-20,22H2,1-16H3;127*1H/t23?,26?,29-,30+,31-,33+,34?,38-,39+,40-,41-;;;;;;;;;;;;;;;;;;;;;;;;;;;;;;;;;;;;;;;;;;;;;;;;;;;;;;;;;;;;;;;;;;;;;;;;;;;;;;;;;;;;;;;;;;;;;;;;;;;;;;;;;;;;;;;;;;;;;;;;;;;;;;;/m0.............................................................................................................................../s1. The fourth-order valence-electron chi connectivity index (χ4n) is 13.6. The number of allylic oxidation sites excluding steroid dienone is 4. The van der Waals surface area contributed by atoms with Crippen molar-refractivity contribution < 1.29 is 210 Å². The minimum atomic E-state index is -1.22. The quantitative estimate of drug-likeness (QED) is 0.253. The Balaban J connectivity index is -0.00000000169. The van der Waals surface area contributed by atoms with Gasteiger partial charge in [-0.25, -0.2) is 0 Å². The first-order valence-corrected chi connectivity index (χ1v) is 18.4. The van der Waals surface area contributed by atoms with Crippen molar-refractivity contribution in [3.63, 3.8) is 0 Å². The largest absolute Gasteiger partial charge is 0.381 e. The van der Waals surface area contributed by atoms with Crippen LogP contribution in [-0.4, -0.2) is 56.0 Å². The van der Waals surface area contributed by atoms with E-state index in [9.17, 15) is 4.79 Å². The second-order valence-corrected chi connectivity index (χ2v) is 18.9. The number of carbonyl (C=O) groups excluding carboxylic acids is 2. The molecule has 0 aromatic carbocycles. The van der Waals surface area contributed by atoms with Crippen LogP contribution in [0.3, 0.4) is 0 Å². The highest BCUT2D eigenvalue weighted by atomic mass is 16.7. The lowest BCUT2D eigenvalue weighted by Crippen LogP contribution is -2.79. The van der Waals surface area contributed by atoms with Crippen LogP contribution in [0.4, 0.5) is 0 Å². The number of Topliss-reactive ketones (excluding diaryl/α,β-unsaturated/α-hetero) is 1. The SMILES string of the molecule is CCCC(C)C1O[C@@H]2C[C@H]3[C@]4(C)CCC5=CC(=O)C(C)=C(C)[C@]5(C(C)(C)C)[C@H]4[C@@H](OC)C(C)(C)[C@]3(C(C)(C)C)[C@]2(C(=O)C(C)OC)O1.[HH].[HH].[HH].[HH].[HH].[HH].[HH].[HH].[HH].[HH].[HH].[HH].[HH].[HH].[HH].[HH].[HH].[HH].[HH].[HH].[HH].[HH].[HH].[HH].[HH].[HH].[HH].[HH].[HH].[HH].[HH].[HH].[HH].[HH].[HH].[HH].[HH].[HH].[HH].[HH].[HH].[HH].[HH].[HH].[HH].[HH].[HH].[HH].[HH].[HH].[HH].[HH].[HH].[HH].[HH].[HH].[HH].[HH].[HH].[HH].[HH].[HH].[HH].[HH].[HH].[HH].[HH].[HH].[HH].[HH].[HH].[HH].[HH].[HH].[HH].[HH].[HH].[HH].[HH].[HH].[HH].[HH].[HH].[HH].[HH].[HH].[HH].[HH].[HH].[HH].[HH].[HH].[HH].[HH].[HH].[HH].[HH].[HH].[HH].[HH].[HH].[HH].[HH].[HH].[HH].[HH].[HH].[HH].[HH].[HH].[HH].[HH].[HH].[HH].[HH].[HH].[HH].[HH].[HH].[HH].[HH].[HH].[HH].[HH].[HH].[HH].[HH]. The Morgan fingerprint density at radius 1 is 1.06 bits per heavy atom. The second kappa shape index (κ2) is 11.3. The lowest BCUT2D eigenvalue weighted by Gasteiger charge is -2.76. The normalized spacial score (nSPS) is 42.7. The van der Waals surface area contributed by atoms with Crippen molar-refractivity contribution in [3.8, 4) is 0 Å². The summed E-state index contributed by atoms with van der Waals surface area (Å²) in [5, 5.41) is 0. The van der Waals surface area contributed by atoms with Crippen molar-refractivity contribution in [1.29, 1.82) is 0 Å². The summed E-state index contributed by atoms with van der Waals surface area (Å²) < 4.78 is 27.3. The summed E-state index contributed by atoms with van der Waals surface area (Å²) in [6.07, 6.45) is 4.67. The third kappa shape index (κ3) is 4.23. The third-order valence-electron chi connectivity index (χ3n) is 14.8. The molecule has 0 radical (unpaired) electrons. The molecule has 0 aromatic rings. The fourth-order valence-corrected chi connectivity index (χ4v) is 13.6. The first-order chi connectivity index (χ1) is 21.5. The minimum Gasteiger partial charge on any atom is -0.381 e. The van der Waals surface area contributed by atoms with Crippen molar-refractivity contribution in [1.82, 2.24) is 0 Å². The van der Waals surface area contributed by atoms with Crippen LogP contribution in [0.15, 0.2) is 22.8 Å². The number of hydrogen-bond acceptors (Lipinski definition) is 6. The molecular weight excluding hydrogens is 588 g/mol. The molecule has 11 atom stereocenters. The van der Waals surface area contributed by atoms with Gasteiger partial charge >= 0.3 is 0 Å². The van der Waals surface area contributed by atoms with Crippen molar-refractivity contribution in [2.75, 3.05) is 14.2 Å². The minimum absolute atomic E-state index is 0. The summed E-state index contributed by atoms with van der Waals surface area (Å²) in [6, 6.07) is 0. The molecule has 0 bridgehead atoms. The summed E-state index contributed by atoms with van der Waals surface area (Å²) in [5.41, 5.74) is -0.410. The zero-order chi connectivity index (χ0) is 35.5. The molecule has 3 unspecified atom stereocenters. The maximum Gasteiger partial charge on any atom is 0.196 e. The maximum atomic E-state index is 15.3. The van der Waals surface area contributed by atoms with E-state index in [1.807, 2.05) is 27.0 Å². The first-order valence-electron chi connectivity index (χ1n) is 18.4. The topological polar surface area (TPSA) is 71.1 Å². The number of carbonyl (C=O) groups is 2. The highest BCUT2D eigenvalue weighted by Crippen LogP contribution is 2.84. The highest BCUT2D eigenvalue weighted by Gasteiger charge is 2.88. The molecule has 47 heavy (non-hydrogen) atoms. The van der Waals surface area contributed by atoms with Crippen molar-refractivity contribution in [2.45, 2.75) is 159 Å². The van der Waals surface area contributed by atoms with E-state index in [1.54, 1.807) is 7.11 Å². The molecule has 6 nitrogen and oxygen atoms in total. The van der Waals surface area contributed by atoms with Crippen LogP contribution < -0.4 is 0 Å². The van der Waals surface area contributed by atoms with Gasteiger partial charge in [0.05, 0.1) is 12.2 Å². The van der Waals surface area contributed by atoms with Gasteiger partial charge in [-0.05, 0) is 80.3 Å². The Hall–Kier alpha value is -1.34. The van der Waals surface area contributed by atoms with Gasteiger partial charge in [0.1, 0.15) is 6.10 Å². The molecule has 1 saturated heterocycles. The molecular formula is C41H320O6. The van der Waals surface area contributed by atoms with Crippen LogP contribution in [0.25, 0.3) is 0 Å². The number of rotatable bonds is 7. The van der Waals surface area contributed by atoms with E-state index < -0.39 is 40.3 Å². The molecule has 0 aromatic heterocycles. The Bertz CT molecular complexity index is 1500. The van der Waals surface area contributed by atoms with E-state index in [0.29, 0.717) is 0 Å². The Labute approximate surface area is 474 Å². The van der Waals surface area contributed by atoms with Crippen LogP contribution >= 0.6 is 0 Å². The van der Waals surface area contributed by atoms with Gasteiger partial charge in [0.15, 0.2) is 23.5 Å². The molecule has 0 N–H and O–H groups in total. The number of methoxy groups -OCH3 is 2. The van der Waals surface area contributed by atoms with E-state index in [2.05, 4.69) is 83.1 Å². The van der Waals surface area contributed by atoms with E-state index in [0.717, 1.165) is 37.7 Å². The third-order valence-corrected chi connectivity index (χ3v) is 14.8. The molecule has 4 fully saturated rings. The van der Waals surface area contributed by atoms with Crippen LogP contribution in [0.2, 0.25) is 0 Å². The molecule has 0 spiro atoms. The van der Waals surface area contributed by atoms with E-state index in [4.69, 9.17) is 18.9 Å². The number of ether oxygens (including phenoxy) is 4. The molecule has 6 heteroatoms. The van der Waals surface area contributed by atoms with Gasteiger partial charge in [-0.1, -0.05) is 93.7 Å². The van der Waals surface area contributed by atoms with Crippen LogP contribution in [0.5, 0.6) is 0 Å². The molecule has 0 amide bonds. The van der Waals surface area contributed by atoms with Gasteiger partial charge in [-0.2, -0.15) is 0 Å². The number of ketones is 2. The van der Waals surface area contributed by atoms with Crippen LogP contribution in [-0.2, 0) is 28.5 Å². The molecule has 3 saturated carbocycles. The van der Waals surface area contributed by atoms with Crippen molar-refractivity contribution in [3.05, 3.63) is 22.8 Å². The summed E-state index contributed by atoms with van der Waals surface area (Å²) in [5.74, 6) is 0.416. The Morgan fingerprint density at radius 3 is 2.19 bits per heavy atom. The van der Waals surface area contributed by atoms with Crippen LogP contribution in [0, 0.1) is 50.2 Å². The molecule has 1 heterocycles. The van der Waals surface area contributed by atoms with Gasteiger partial charge in [-0.15, -0.1) is 0 Å². The van der Waals surface area contributed by atoms with Crippen molar-refractivity contribution in [2.24, 2.45) is 50.2 Å². The van der Waals surface area contributed by atoms with E-state index in [-0.39, 0.29) is 233 Å². The van der Waals surface area contributed by atoms with Gasteiger partial charge in [0.2, 0.25) is 0 Å². The predicted octanol–water partition coefficient (Wildman–Crippen LogP) is 40.2. The predicted molar refractivity (Wildman–Crippen MR) is 455 cm³/mol. The summed E-state index contributed by atoms with van der Waals surface area (Å²) in [6.45, 7) is 31.7. The molecule has 5 rings (SSSR count). The smallest absolute Gasteiger partial charge is 0.196 e. The summed E-state index contributed by atoms with van der Waals surface area (Å²) in [4.78, 5) is 28.8. The van der Waals surface area contributed by atoms with Crippen molar-refractivity contribution >= 4 is 11.6 Å². The summed E-state index contributed by atoms with van der Waals surface area (Å²) >= 11 is 0. The average molecular weight is 911 g/mol. The second-order valence-electron chi connectivity index (χ2n) is 18.9. The van der Waals surface area contributed by atoms with Crippen LogP contribution in [0.1, 0.15) is 310 Å². The fraction of sp³-hybridized carbons (Fsp3) is 0.854. The lowest BCUT2D eigenvalue weighted by molar-refractivity contribution is -0.324. The van der Waals surface area contributed by atoms with Gasteiger partial charge < -0.3 is 18.9 Å². The summed E-state index contributed by atoms with van der Waals surface area (Å²) in [7, 11) is 3.50. The lowest BCUT2D eigenvalue weighted by atomic mass is 9.28. The van der Waals surface area contributed by atoms with E-state index >= 15 is 4.79 Å². The molecule has 5 aliphatic rings. The van der Waals surface area contributed by atoms with Gasteiger partial charge in [-0.3, -0.25) is 9.59 Å².